The van der Waals surface area contributed by atoms with Crippen molar-refractivity contribution in [2.24, 2.45) is 0 Å². The highest BCUT2D eigenvalue weighted by atomic mass is 16.4. The maximum atomic E-state index is 11.2. The lowest BCUT2D eigenvalue weighted by Gasteiger charge is -2.14. The highest BCUT2D eigenvalue weighted by molar-refractivity contribution is 5.81. The summed E-state index contributed by atoms with van der Waals surface area (Å²) in [5.74, 6) is -1.57. The number of carbonyl (C=O) groups is 3. The topological polar surface area (TPSA) is 86.7 Å². The molecule has 0 heterocycles. The highest BCUT2D eigenvalue weighted by Crippen LogP contribution is 1.89. The van der Waals surface area contributed by atoms with Crippen LogP contribution in [0.3, 0.4) is 0 Å². The van der Waals surface area contributed by atoms with Crippen LogP contribution < -0.4 is 5.32 Å². The van der Waals surface area contributed by atoms with Gasteiger partial charge in [-0.2, -0.15) is 0 Å². The first kappa shape index (κ1) is 12.4. The summed E-state index contributed by atoms with van der Waals surface area (Å²) < 4.78 is 0. The molecule has 0 saturated heterocycles. The summed E-state index contributed by atoms with van der Waals surface area (Å²) in [5.41, 5.74) is 0. The molecule has 0 radical (unpaired) electrons. The minimum absolute atomic E-state index is 0.114. The zero-order chi connectivity index (χ0) is 11.1. The lowest BCUT2D eigenvalue weighted by Crippen LogP contribution is -2.34. The number of nitrogens with one attached hydrogen (secondary N) is 1. The van der Waals surface area contributed by atoms with Gasteiger partial charge in [0, 0.05) is 26.9 Å². The van der Waals surface area contributed by atoms with E-state index in [9.17, 15) is 14.4 Å². The third kappa shape index (κ3) is 5.99. The predicted octanol–water partition coefficient (Wildman–Crippen LogP) is -0.944. The second kappa shape index (κ2) is 5.95. The molecule has 0 aromatic heterocycles. The monoisotopic (exact) mass is 202 g/mol. The molecular weight excluding hydrogens is 188 g/mol. The van der Waals surface area contributed by atoms with Crippen molar-refractivity contribution in [3.63, 3.8) is 0 Å². The van der Waals surface area contributed by atoms with Gasteiger partial charge in [0.05, 0.1) is 0 Å². The maximum Gasteiger partial charge on any atom is 0.323 e. The third-order valence-electron chi connectivity index (χ3n) is 1.51. The molecule has 2 amide bonds. The molecule has 80 valence electrons. The van der Waals surface area contributed by atoms with Crippen molar-refractivity contribution in [1.82, 2.24) is 10.2 Å². The van der Waals surface area contributed by atoms with Gasteiger partial charge in [-0.1, -0.05) is 0 Å². The molecule has 0 aliphatic carbocycles. The normalized spacial score (nSPS) is 9.29. The van der Waals surface area contributed by atoms with E-state index in [1.807, 2.05) is 0 Å². The van der Waals surface area contributed by atoms with Gasteiger partial charge in [-0.25, -0.2) is 0 Å². The van der Waals surface area contributed by atoms with Crippen LogP contribution in [0.15, 0.2) is 0 Å². The zero-order valence-corrected chi connectivity index (χ0v) is 8.24. The molecule has 0 unspecified atom stereocenters. The Kier molecular flexibility index (Phi) is 5.28. The molecule has 0 aromatic rings. The van der Waals surface area contributed by atoms with E-state index in [1.165, 1.54) is 14.0 Å². The summed E-state index contributed by atoms with van der Waals surface area (Å²) in [6, 6.07) is 0. The molecule has 0 rings (SSSR count). The number of nitrogens with zero attached hydrogens (tertiary/aromatic N) is 1. The van der Waals surface area contributed by atoms with Crippen LogP contribution in [0.5, 0.6) is 0 Å². The van der Waals surface area contributed by atoms with Crippen LogP contribution in [0.2, 0.25) is 0 Å². The third-order valence-corrected chi connectivity index (χ3v) is 1.51. The van der Waals surface area contributed by atoms with Crippen LogP contribution in [0.25, 0.3) is 0 Å². The molecule has 0 saturated carbocycles. The largest absolute Gasteiger partial charge is 0.480 e. The van der Waals surface area contributed by atoms with E-state index in [1.54, 1.807) is 0 Å². The number of aliphatic carboxylic acids is 1. The number of likely N-dealkylation sites (N-methyl/N-ethyl adjacent to an activating group) is 1. The molecule has 0 bridgehead atoms. The minimum atomic E-state index is -1.06. The fraction of sp³-hybridized carbons (Fsp3) is 0.625. The molecule has 2 N–H and O–H groups in total. The Morgan fingerprint density at radius 1 is 1.36 bits per heavy atom. The summed E-state index contributed by atoms with van der Waals surface area (Å²) in [5, 5.41) is 10.8. The van der Waals surface area contributed by atoms with Gasteiger partial charge in [-0.3, -0.25) is 14.4 Å². The molecule has 0 spiro atoms. The molecule has 0 aliphatic heterocycles. The fourth-order valence-electron chi connectivity index (χ4n) is 0.827. The average Bonchev–Trinajstić information content (AvgIpc) is 2.01. The molecule has 0 aliphatic rings. The lowest BCUT2D eigenvalue weighted by molar-refractivity contribution is -0.143. The molecular formula is C8H14N2O4. The van der Waals surface area contributed by atoms with Crippen LogP contribution in [0, 0.1) is 0 Å². The maximum absolute atomic E-state index is 11.2. The summed E-state index contributed by atoms with van der Waals surface area (Å²) in [6.07, 6.45) is 0.114. The first-order valence-corrected chi connectivity index (χ1v) is 4.13. The van der Waals surface area contributed by atoms with Gasteiger partial charge < -0.3 is 15.3 Å². The van der Waals surface area contributed by atoms with E-state index < -0.39 is 5.97 Å². The zero-order valence-electron chi connectivity index (χ0n) is 8.24. The van der Waals surface area contributed by atoms with E-state index in [-0.39, 0.29) is 31.3 Å². The predicted molar refractivity (Wildman–Crippen MR) is 48.6 cm³/mol. The van der Waals surface area contributed by atoms with E-state index in [2.05, 4.69) is 5.32 Å². The quantitative estimate of drug-likeness (QED) is 0.602. The van der Waals surface area contributed by atoms with Gasteiger partial charge >= 0.3 is 5.97 Å². The number of amides is 2. The summed E-state index contributed by atoms with van der Waals surface area (Å²) in [4.78, 5) is 32.9. The number of hydrogen-bond donors (Lipinski definition) is 2. The van der Waals surface area contributed by atoms with Crippen molar-refractivity contribution in [3.8, 4) is 0 Å². The van der Waals surface area contributed by atoms with Crippen LogP contribution in [0.1, 0.15) is 13.3 Å². The first-order chi connectivity index (χ1) is 6.43. The van der Waals surface area contributed by atoms with Gasteiger partial charge in [0.1, 0.15) is 6.54 Å². The molecule has 14 heavy (non-hydrogen) atoms. The molecule has 0 aromatic carbocycles. The Labute approximate surface area is 81.9 Å². The summed E-state index contributed by atoms with van der Waals surface area (Å²) in [6.45, 7) is 1.27. The fourth-order valence-corrected chi connectivity index (χ4v) is 0.827. The van der Waals surface area contributed by atoms with Gasteiger partial charge in [-0.15, -0.1) is 0 Å². The number of hydrogen-bond acceptors (Lipinski definition) is 3. The van der Waals surface area contributed by atoms with Crippen molar-refractivity contribution >= 4 is 17.8 Å². The standard InChI is InChI=1S/C8H14N2O4/c1-6(11)9-4-3-7(12)10(2)5-8(13)14/h3-5H2,1-2H3,(H,9,11)(H,13,14). The summed E-state index contributed by atoms with van der Waals surface area (Å²) >= 11 is 0. The van der Waals surface area contributed by atoms with Gasteiger partial charge in [0.25, 0.3) is 0 Å². The van der Waals surface area contributed by atoms with Crippen molar-refractivity contribution in [3.05, 3.63) is 0 Å². The minimum Gasteiger partial charge on any atom is -0.480 e. The number of rotatable bonds is 5. The van der Waals surface area contributed by atoms with Crippen molar-refractivity contribution in [2.45, 2.75) is 13.3 Å². The highest BCUT2D eigenvalue weighted by Gasteiger charge is 2.11. The van der Waals surface area contributed by atoms with Crippen molar-refractivity contribution in [2.75, 3.05) is 20.1 Å². The van der Waals surface area contributed by atoms with Crippen molar-refractivity contribution in [1.29, 1.82) is 0 Å². The Morgan fingerprint density at radius 2 is 1.93 bits per heavy atom. The SMILES string of the molecule is CC(=O)NCCC(=O)N(C)CC(=O)O. The Bertz CT molecular complexity index is 239. The second-order valence-electron chi connectivity index (χ2n) is 2.88. The molecule has 0 atom stereocenters. The Hall–Kier alpha value is -1.59. The molecule has 6 nitrogen and oxygen atoms in total. The van der Waals surface area contributed by atoms with Gasteiger partial charge in [0.15, 0.2) is 0 Å². The number of carboxylic acid groups (broad SMARTS) is 1. The smallest absolute Gasteiger partial charge is 0.323 e. The first-order valence-electron chi connectivity index (χ1n) is 4.13. The van der Waals surface area contributed by atoms with Crippen LogP contribution in [-0.4, -0.2) is 47.9 Å². The second-order valence-corrected chi connectivity index (χ2v) is 2.88. The van der Waals surface area contributed by atoms with E-state index in [4.69, 9.17) is 5.11 Å². The van der Waals surface area contributed by atoms with Crippen molar-refractivity contribution < 1.29 is 19.5 Å². The number of carboxylic acids is 1. The summed E-state index contributed by atoms with van der Waals surface area (Å²) in [7, 11) is 1.41. The van der Waals surface area contributed by atoms with Crippen LogP contribution in [0.4, 0.5) is 0 Å². The van der Waals surface area contributed by atoms with Gasteiger partial charge in [-0.05, 0) is 0 Å². The van der Waals surface area contributed by atoms with E-state index in [0.717, 1.165) is 4.90 Å². The van der Waals surface area contributed by atoms with Gasteiger partial charge in [0.2, 0.25) is 11.8 Å². The van der Waals surface area contributed by atoms with Crippen LogP contribution in [-0.2, 0) is 14.4 Å². The average molecular weight is 202 g/mol. The molecule has 0 fully saturated rings. The molecule has 6 heteroatoms. The lowest BCUT2D eigenvalue weighted by atomic mass is 10.3. The number of carbonyl (C=O) groups excluding carboxylic acids is 2. The Balaban J connectivity index is 3.73. The van der Waals surface area contributed by atoms with E-state index in [0.29, 0.717) is 0 Å². The van der Waals surface area contributed by atoms with E-state index >= 15 is 0 Å². The van der Waals surface area contributed by atoms with Crippen LogP contribution >= 0.6 is 0 Å². The Morgan fingerprint density at radius 3 is 2.36 bits per heavy atom.